The van der Waals surface area contributed by atoms with E-state index in [4.69, 9.17) is 28.3 Å². The minimum absolute atomic E-state index is 0.250. The van der Waals surface area contributed by atoms with Crippen LogP contribution in [0, 0.1) is 6.92 Å². The topological polar surface area (TPSA) is 149 Å². The highest BCUT2D eigenvalue weighted by Gasteiger charge is 2.21. The molecular formula is C27H34ClN9O. The van der Waals surface area contributed by atoms with E-state index >= 15 is 0 Å². The summed E-state index contributed by atoms with van der Waals surface area (Å²) in [5.74, 6) is 11.7. The number of halogens is 1. The number of hydrogen-bond donors (Lipinski definition) is 6. The average molecular weight is 536 g/mol. The predicted octanol–water partition coefficient (Wildman–Crippen LogP) is 4.52. The van der Waals surface area contributed by atoms with E-state index in [0.29, 0.717) is 16.3 Å². The Hall–Kier alpha value is -4.02. The van der Waals surface area contributed by atoms with Crippen LogP contribution in [-0.4, -0.2) is 35.8 Å². The number of carbonyl (C=O) groups excluding carboxylic acids is 1. The summed E-state index contributed by atoms with van der Waals surface area (Å²) in [6.07, 6.45) is 8.18. The first-order valence-corrected chi connectivity index (χ1v) is 13.0. The fourth-order valence-corrected chi connectivity index (χ4v) is 4.71. The summed E-state index contributed by atoms with van der Waals surface area (Å²) in [4.78, 5) is 21.4. The van der Waals surface area contributed by atoms with Gasteiger partial charge in [-0.3, -0.25) is 9.80 Å². The first-order chi connectivity index (χ1) is 18.4. The van der Waals surface area contributed by atoms with E-state index in [-0.39, 0.29) is 11.9 Å². The fraction of sp³-hybridized carbons (Fsp3) is 0.296. The van der Waals surface area contributed by atoms with Crippen molar-refractivity contribution in [2.24, 2.45) is 16.8 Å². The lowest BCUT2D eigenvalue weighted by Gasteiger charge is -2.18. The standard InChI is InChI=1S/C27H34ClN9O/c1-17-26-21-10-9-20(31-2)15-23(21)32-13-5-3-4-6-22(27(34-17)36-26)35-25(38)12-7-18-14-19(28)8-11-24(18)37(30)16-33-29/h7-12,14-16,22,31-32H,3-6,13,29-30H2,1-2H3,(H,34,36)(H,35,38)/b12-7+,33-16-/t22-/m0/s1. The van der Waals surface area contributed by atoms with Gasteiger partial charge < -0.3 is 26.8 Å². The van der Waals surface area contributed by atoms with E-state index in [0.717, 1.165) is 66.4 Å². The molecule has 0 saturated carbocycles. The summed E-state index contributed by atoms with van der Waals surface area (Å²) in [6, 6.07) is 11.1. The third kappa shape index (κ3) is 6.45. The molecule has 3 aromatic rings. The number of fused-ring (bicyclic) bond motifs is 4. The molecule has 1 aliphatic heterocycles. The number of hydrazone groups is 1. The molecule has 2 bridgehead atoms. The maximum absolute atomic E-state index is 13.0. The van der Waals surface area contributed by atoms with Crippen LogP contribution >= 0.6 is 11.6 Å². The minimum atomic E-state index is -0.263. The second-order valence-electron chi connectivity index (χ2n) is 9.15. The molecule has 1 aromatic heterocycles. The van der Waals surface area contributed by atoms with Crippen LogP contribution in [0.4, 0.5) is 17.1 Å². The number of nitrogens with two attached hydrogens (primary N) is 2. The number of amides is 1. The highest BCUT2D eigenvalue weighted by atomic mass is 35.5. The van der Waals surface area contributed by atoms with Gasteiger partial charge in [0, 0.05) is 52.9 Å². The molecule has 2 heterocycles. The average Bonchev–Trinajstić information content (AvgIpc) is 3.29. The molecule has 200 valence electrons. The molecule has 1 aliphatic rings. The van der Waals surface area contributed by atoms with Crippen LogP contribution in [0.25, 0.3) is 17.3 Å². The lowest BCUT2D eigenvalue weighted by Crippen LogP contribution is -2.30. The number of benzene rings is 2. The van der Waals surface area contributed by atoms with Gasteiger partial charge in [0.2, 0.25) is 5.91 Å². The van der Waals surface area contributed by atoms with Crippen LogP contribution in [0.15, 0.2) is 47.6 Å². The molecule has 2 aromatic carbocycles. The summed E-state index contributed by atoms with van der Waals surface area (Å²) in [5, 5.41) is 15.1. The van der Waals surface area contributed by atoms with Crippen molar-refractivity contribution in [2.45, 2.75) is 38.6 Å². The molecule has 38 heavy (non-hydrogen) atoms. The number of aryl methyl sites for hydroxylation is 1. The molecule has 8 N–H and O–H groups in total. The van der Waals surface area contributed by atoms with Crippen LogP contribution in [0.5, 0.6) is 0 Å². The Morgan fingerprint density at radius 1 is 1.24 bits per heavy atom. The predicted molar refractivity (Wildman–Crippen MR) is 156 cm³/mol. The zero-order valence-electron chi connectivity index (χ0n) is 21.6. The normalized spacial score (nSPS) is 15.8. The number of carbonyl (C=O) groups is 1. The summed E-state index contributed by atoms with van der Waals surface area (Å²) >= 11 is 6.18. The quantitative estimate of drug-likeness (QED) is 0.0893. The molecule has 0 saturated heterocycles. The van der Waals surface area contributed by atoms with Crippen LogP contribution < -0.4 is 32.6 Å². The summed E-state index contributed by atoms with van der Waals surface area (Å²) < 4.78 is 0. The third-order valence-corrected chi connectivity index (χ3v) is 6.71. The van der Waals surface area contributed by atoms with E-state index in [1.54, 1.807) is 24.3 Å². The van der Waals surface area contributed by atoms with Crippen molar-refractivity contribution in [3.63, 3.8) is 0 Å². The van der Waals surface area contributed by atoms with Crippen LogP contribution in [-0.2, 0) is 4.79 Å². The number of nitrogens with zero attached hydrogens (tertiary/aromatic N) is 3. The molecule has 0 unspecified atom stereocenters. The third-order valence-electron chi connectivity index (χ3n) is 6.47. The molecule has 0 aliphatic carbocycles. The van der Waals surface area contributed by atoms with Crippen molar-refractivity contribution < 1.29 is 4.79 Å². The lowest BCUT2D eigenvalue weighted by atomic mass is 10.1. The summed E-state index contributed by atoms with van der Waals surface area (Å²) in [6.45, 7) is 2.87. The smallest absolute Gasteiger partial charge is 0.244 e. The molecule has 4 rings (SSSR count). The largest absolute Gasteiger partial charge is 0.388 e. The monoisotopic (exact) mass is 535 g/mol. The fourth-order valence-electron chi connectivity index (χ4n) is 4.53. The van der Waals surface area contributed by atoms with Crippen molar-refractivity contribution in [3.8, 4) is 11.3 Å². The van der Waals surface area contributed by atoms with Gasteiger partial charge in [0.05, 0.1) is 17.4 Å². The number of imidazole rings is 1. The van der Waals surface area contributed by atoms with Crippen molar-refractivity contribution in [1.29, 1.82) is 0 Å². The highest BCUT2D eigenvalue weighted by molar-refractivity contribution is 6.30. The lowest BCUT2D eigenvalue weighted by molar-refractivity contribution is -0.117. The Bertz CT molecular complexity index is 1330. The van der Waals surface area contributed by atoms with Gasteiger partial charge in [-0.1, -0.05) is 24.4 Å². The maximum atomic E-state index is 13.0. The highest BCUT2D eigenvalue weighted by Crippen LogP contribution is 2.33. The summed E-state index contributed by atoms with van der Waals surface area (Å²) in [5.41, 5.74) is 6.15. The Morgan fingerprint density at radius 3 is 2.87 bits per heavy atom. The SMILES string of the molecule is CNc1ccc2c(c1)NCCCCC[C@H](NC(=O)/C=C/c1cc(Cl)ccc1N(N)/C=N\N)c1nc-2c(C)[nH]1. The molecule has 11 heteroatoms. The number of aromatic nitrogens is 2. The number of aromatic amines is 1. The molecule has 10 nitrogen and oxygen atoms in total. The minimum Gasteiger partial charge on any atom is -0.388 e. The first-order valence-electron chi connectivity index (χ1n) is 12.6. The van der Waals surface area contributed by atoms with Crippen LogP contribution in [0.2, 0.25) is 5.02 Å². The van der Waals surface area contributed by atoms with Gasteiger partial charge in [0.15, 0.2) is 0 Å². The van der Waals surface area contributed by atoms with E-state index in [2.05, 4.69) is 38.2 Å². The van der Waals surface area contributed by atoms with Gasteiger partial charge in [0.1, 0.15) is 12.2 Å². The van der Waals surface area contributed by atoms with Gasteiger partial charge in [-0.05, 0) is 62.2 Å². The molecule has 0 radical (unpaired) electrons. The number of hydrazine groups is 1. The number of hydrogen-bond acceptors (Lipinski definition) is 7. The second kappa shape index (κ2) is 12.5. The van der Waals surface area contributed by atoms with Crippen LogP contribution in [0.1, 0.15) is 48.8 Å². The Labute approximate surface area is 227 Å². The number of anilines is 3. The van der Waals surface area contributed by atoms with Gasteiger partial charge >= 0.3 is 0 Å². The van der Waals surface area contributed by atoms with Gasteiger partial charge in [-0.25, -0.2) is 10.8 Å². The maximum Gasteiger partial charge on any atom is 0.244 e. The molecule has 1 atom stereocenters. The van der Waals surface area contributed by atoms with Crippen molar-refractivity contribution in [3.05, 3.63) is 64.6 Å². The van der Waals surface area contributed by atoms with Gasteiger partial charge in [-0.2, -0.15) is 5.10 Å². The molecular weight excluding hydrogens is 502 g/mol. The zero-order chi connectivity index (χ0) is 27.1. The van der Waals surface area contributed by atoms with Gasteiger partial charge in [-0.15, -0.1) is 0 Å². The Kier molecular flexibility index (Phi) is 8.88. The molecule has 1 amide bonds. The summed E-state index contributed by atoms with van der Waals surface area (Å²) in [7, 11) is 1.91. The van der Waals surface area contributed by atoms with Gasteiger partial charge in [0.25, 0.3) is 0 Å². The van der Waals surface area contributed by atoms with Crippen molar-refractivity contribution in [2.75, 3.05) is 29.2 Å². The number of nitrogens with one attached hydrogen (secondary N) is 4. The van der Waals surface area contributed by atoms with E-state index in [1.807, 2.05) is 20.0 Å². The van der Waals surface area contributed by atoms with Crippen molar-refractivity contribution >= 4 is 47.0 Å². The zero-order valence-corrected chi connectivity index (χ0v) is 22.3. The van der Waals surface area contributed by atoms with Crippen LogP contribution in [0.3, 0.4) is 0 Å². The number of H-pyrrole nitrogens is 1. The number of rotatable bonds is 6. The molecule has 0 spiro atoms. The first kappa shape index (κ1) is 27.0. The van der Waals surface area contributed by atoms with E-state index < -0.39 is 0 Å². The van der Waals surface area contributed by atoms with E-state index in [9.17, 15) is 4.79 Å². The van der Waals surface area contributed by atoms with E-state index in [1.165, 1.54) is 17.4 Å². The Morgan fingerprint density at radius 2 is 2.08 bits per heavy atom. The van der Waals surface area contributed by atoms with Crippen molar-refractivity contribution in [1.82, 2.24) is 15.3 Å². The second-order valence-corrected chi connectivity index (χ2v) is 9.59. The Balaban J connectivity index is 1.59. The molecule has 0 fully saturated rings.